The van der Waals surface area contributed by atoms with Gasteiger partial charge in [0, 0.05) is 18.1 Å². The molecule has 2 fully saturated rings. The second kappa shape index (κ2) is 6.40. The van der Waals surface area contributed by atoms with E-state index >= 15 is 0 Å². The number of aliphatic hydroxyl groups excluding tert-OH is 1. The highest BCUT2D eigenvalue weighted by Crippen LogP contribution is 2.51. The molecule has 0 aliphatic heterocycles. The summed E-state index contributed by atoms with van der Waals surface area (Å²) in [4.78, 5) is 26.6. The lowest BCUT2D eigenvalue weighted by Crippen LogP contribution is -2.37. The molecular weight excluding hydrogens is 336 g/mol. The standard InChI is InChI=1S/C19H26N2O3S/c20-17-14(18(24)21-12-4-5-12)13-6-8-19(7-1-9-22,10-11-2-3-11)16(23)15(13)25-17/h11-12,22H,1-10,20H2,(H,21,24). The van der Waals surface area contributed by atoms with Gasteiger partial charge in [-0.15, -0.1) is 11.3 Å². The predicted octanol–water partition coefficient (Wildman–Crippen LogP) is 2.91. The average molecular weight is 362 g/mol. The maximum atomic E-state index is 13.4. The minimum Gasteiger partial charge on any atom is -0.396 e. The van der Waals surface area contributed by atoms with Gasteiger partial charge in [-0.25, -0.2) is 0 Å². The number of hydrogen-bond acceptors (Lipinski definition) is 5. The molecule has 4 rings (SSSR count). The number of hydrogen-bond donors (Lipinski definition) is 3. The Morgan fingerprint density at radius 3 is 2.72 bits per heavy atom. The molecular formula is C19H26N2O3S. The molecule has 0 bridgehead atoms. The number of nitrogens with two attached hydrogens (primary N) is 1. The van der Waals surface area contributed by atoms with E-state index in [0.29, 0.717) is 27.8 Å². The van der Waals surface area contributed by atoms with Crippen LogP contribution in [0.1, 0.15) is 77.0 Å². The molecule has 1 atom stereocenters. The number of rotatable bonds is 7. The molecule has 0 saturated heterocycles. The Morgan fingerprint density at radius 2 is 2.08 bits per heavy atom. The van der Waals surface area contributed by atoms with E-state index in [1.165, 1.54) is 24.2 Å². The van der Waals surface area contributed by atoms with Gasteiger partial charge < -0.3 is 16.2 Å². The van der Waals surface area contributed by atoms with Crippen molar-refractivity contribution in [1.29, 1.82) is 0 Å². The lowest BCUT2D eigenvalue weighted by Gasteiger charge is -2.36. The van der Waals surface area contributed by atoms with Crippen molar-refractivity contribution in [1.82, 2.24) is 5.32 Å². The van der Waals surface area contributed by atoms with Gasteiger partial charge in [0.25, 0.3) is 5.91 Å². The minimum absolute atomic E-state index is 0.115. The fourth-order valence-corrected chi connectivity index (χ4v) is 5.36. The number of anilines is 1. The van der Waals surface area contributed by atoms with Crippen LogP contribution in [0, 0.1) is 11.3 Å². The number of thiophene rings is 1. The third-order valence-electron chi connectivity index (χ3n) is 5.91. The van der Waals surface area contributed by atoms with Crippen LogP contribution in [0.25, 0.3) is 0 Å². The van der Waals surface area contributed by atoms with Crippen molar-refractivity contribution in [2.24, 2.45) is 11.3 Å². The molecule has 25 heavy (non-hydrogen) atoms. The topological polar surface area (TPSA) is 92.4 Å². The largest absolute Gasteiger partial charge is 0.396 e. The summed E-state index contributed by atoms with van der Waals surface area (Å²) in [5.41, 5.74) is 7.19. The molecule has 136 valence electrons. The maximum Gasteiger partial charge on any atom is 0.254 e. The second-order valence-electron chi connectivity index (χ2n) is 7.98. The summed E-state index contributed by atoms with van der Waals surface area (Å²) >= 11 is 1.29. The van der Waals surface area contributed by atoms with Gasteiger partial charge in [0.1, 0.15) is 0 Å². The van der Waals surface area contributed by atoms with E-state index in [4.69, 9.17) is 5.73 Å². The van der Waals surface area contributed by atoms with Crippen LogP contribution in [0.2, 0.25) is 0 Å². The van der Waals surface area contributed by atoms with Crippen LogP contribution in [0.4, 0.5) is 5.00 Å². The van der Waals surface area contributed by atoms with Gasteiger partial charge in [-0.1, -0.05) is 12.8 Å². The first-order valence-corrected chi connectivity index (χ1v) is 10.2. The highest BCUT2D eigenvalue weighted by Gasteiger charge is 2.47. The zero-order valence-corrected chi connectivity index (χ0v) is 15.3. The normalized spacial score (nSPS) is 25.7. The van der Waals surface area contributed by atoms with Gasteiger partial charge in [0.05, 0.1) is 15.4 Å². The monoisotopic (exact) mass is 362 g/mol. The number of carbonyl (C=O) groups is 2. The number of amides is 1. The number of aliphatic hydroxyl groups is 1. The highest BCUT2D eigenvalue weighted by atomic mass is 32.1. The lowest BCUT2D eigenvalue weighted by atomic mass is 9.67. The molecule has 1 unspecified atom stereocenters. The first kappa shape index (κ1) is 17.0. The van der Waals surface area contributed by atoms with Gasteiger partial charge in [0.2, 0.25) is 0 Å². The third kappa shape index (κ3) is 3.22. The maximum absolute atomic E-state index is 13.4. The van der Waals surface area contributed by atoms with Gasteiger partial charge >= 0.3 is 0 Å². The molecule has 3 aliphatic rings. The van der Waals surface area contributed by atoms with Crippen molar-refractivity contribution >= 4 is 28.0 Å². The molecule has 4 N–H and O–H groups in total. The van der Waals surface area contributed by atoms with E-state index in [2.05, 4.69) is 5.32 Å². The molecule has 1 heterocycles. The Balaban J connectivity index is 1.63. The zero-order chi connectivity index (χ0) is 17.6. The Morgan fingerprint density at radius 1 is 1.32 bits per heavy atom. The SMILES string of the molecule is Nc1sc2c(c1C(=O)NC1CC1)CCC(CCCO)(CC1CC1)C2=O. The van der Waals surface area contributed by atoms with Crippen LogP contribution in [0.5, 0.6) is 0 Å². The molecule has 2 saturated carbocycles. The Labute approximate surface area is 152 Å². The van der Waals surface area contributed by atoms with Gasteiger partial charge in [-0.2, -0.15) is 0 Å². The van der Waals surface area contributed by atoms with Crippen molar-refractivity contribution in [2.45, 2.75) is 63.8 Å². The number of fused-ring (bicyclic) bond motifs is 1. The van der Waals surface area contributed by atoms with Crippen LogP contribution in [0.3, 0.4) is 0 Å². The van der Waals surface area contributed by atoms with Crippen LogP contribution in [-0.2, 0) is 6.42 Å². The fraction of sp³-hybridized carbons (Fsp3) is 0.684. The van der Waals surface area contributed by atoms with E-state index in [1.807, 2.05) is 0 Å². The summed E-state index contributed by atoms with van der Waals surface area (Å²) in [6, 6.07) is 0.278. The molecule has 0 spiro atoms. The quantitative estimate of drug-likeness (QED) is 0.695. The van der Waals surface area contributed by atoms with Gasteiger partial charge in [0.15, 0.2) is 5.78 Å². The van der Waals surface area contributed by atoms with E-state index in [-0.39, 0.29) is 29.8 Å². The fourth-order valence-electron chi connectivity index (χ4n) is 4.19. The molecule has 3 aliphatic carbocycles. The second-order valence-corrected chi connectivity index (χ2v) is 9.03. The van der Waals surface area contributed by atoms with Crippen molar-refractivity contribution in [3.8, 4) is 0 Å². The Bertz CT molecular complexity index is 706. The summed E-state index contributed by atoms with van der Waals surface area (Å²) in [5, 5.41) is 12.7. The number of nitrogen functional groups attached to an aromatic ring is 1. The van der Waals surface area contributed by atoms with Gasteiger partial charge in [-0.05, 0) is 56.4 Å². The van der Waals surface area contributed by atoms with Crippen molar-refractivity contribution in [2.75, 3.05) is 12.3 Å². The molecule has 1 aromatic rings. The van der Waals surface area contributed by atoms with Crippen LogP contribution < -0.4 is 11.1 Å². The van der Waals surface area contributed by atoms with Crippen LogP contribution >= 0.6 is 11.3 Å². The first-order chi connectivity index (χ1) is 12.0. The van der Waals surface area contributed by atoms with E-state index in [9.17, 15) is 14.7 Å². The van der Waals surface area contributed by atoms with E-state index < -0.39 is 0 Å². The summed E-state index contributed by atoms with van der Waals surface area (Å²) < 4.78 is 0. The smallest absolute Gasteiger partial charge is 0.254 e. The molecule has 0 radical (unpaired) electrons. The molecule has 1 aromatic heterocycles. The number of carbonyl (C=O) groups excluding carboxylic acids is 2. The lowest BCUT2D eigenvalue weighted by molar-refractivity contribution is 0.0693. The van der Waals surface area contributed by atoms with Crippen molar-refractivity contribution in [3.05, 3.63) is 16.0 Å². The predicted molar refractivity (Wildman–Crippen MR) is 98.0 cm³/mol. The highest BCUT2D eigenvalue weighted by molar-refractivity contribution is 7.18. The average Bonchev–Trinajstić information content (AvgIpc) is 3.50. The van der Waals surface area contributed by atoms with Crippen LogP contribution in [-0.4, -0.2) is 29.4 Å². The van der Waals surface area contributed by atoms with Crippen molar-refractivity contribution in [3.63, 3.8) is 0 Å². The number of Topliss-reactive ketones (excluding diaryl/α,β-unsaturated/α-hetero) is 1. The molecule has 6 heteroatoms. The molecule has 1 amide bonds. The summed E-state index contributed by atoms with van der Waals surface area (Å²) in [6.45, 7) is 0.119. The molecule has 0 aromatic carbocycles. The Hall–Kier alpha value is -1.40. The van der Waals surface area contributed by atoms with Crippen molar-refractivity contribution < 1.29 is 14.7 Å². The van der Waals surface area contributed by atoms with Crippen LogP contribution in [0.15, 0.2) is 0 Å². The summed E-state index contributed by atoms with van der Waals surface area (Å²) in [7, 11) is 0. The third-order valence-corrected chi connectivity index (χ3v) is 6.97. The summed E-state index contributed by atoms with van der Waals surface area (Å²) in [6.07, 6.45) is 8.31. The van der Waals surface area contributed by atoms with Gasteiger partial charge in [-0.3, -0.25) is 9.59 Å². The zero-order valence-electron chi connectivity index (χ0n) is 14.5. The van der Waals surface area contributed by atoms with E-state index in [0.717, 1.165) is 44.1 Å². The number of nitrogens with one attached hydrogen (secondary N) is 1. The van der Waals surface area contributed by atoms with E-state index in [1.54, 1.807) is 0 Å². The first-order valence-electron chi connectivity index (χ1n) is 9.42. The summed E-state index contributed by atoms with van der Waals surface area (Å²) in [5.74, 6) is 0.700. The molecule has 5 nitrogen and oxygen atoms in total. The number of ketones is 1. The minimum atomic E-state index is -0.363. The Kier molecular flexibility index (Phi) is 4.36.